The van der Waals surface area contributed by atoms with E-state index in [1.807, 2.05) is 13.0 Å². The Kier molecular flexibility index (Phi) is 4.31. The van der Waals surface area contributed by atoms with Crippen molar-refractivity contribution in [3.05, 3.63) is 47.5 Å². The molecule has 0 spiro atoms. The van der Waals surface area contributed by atoms with E-state index in [0.717, 1.165) is 0 Å². The van der Waals surface area contributed by atoms with Crippen molar-refractivity contribution >= 4 is 0 Å². The van der Waals surface area contributed by atoms with Crippen molar-refractivity contribution < 1.29 is 0 Å². The maximum Gasteiger partial charge on any atom is -0.0151 e. The van der Waals surface area contributed by atoms with Gasteiger partial charge in [-0.1, -0.05) is 43.7 Å². The van der Waals surface area contributed by atoms with E-state index >= 15 is 0 Å². The second-order valence-electron chi connectivity index (χ2n) is 3.23. The van der Waals surface area contributed by atoms with Gasteiger partial charge in [-0.15, -0.1) is 0 Å². The van der Waals surface area contributed by atoms with Crippen molar-refractivity contribution in [1.82, 2.24) is 0 Å². The van der Waals surface area contributed by atoms with Gasteiger partial charge in [-0.2, -0.15) is 0 Å². The number of hydrogen-bond donors (Lipinski definition) is 0. The van der Waals surface area contributed by atoms with Gasteiger partial charge in [-0.3, -0.25) is 0 Å². The molecule has 0 saturated carbocycles. The van der Waals surface area contributed by atoms with Gasteiger partial charge in [0, 0.05) is 0 Å². The number of aryl methyl sites for hydroxylation is 1. The van der Waals surface area contributed by atoms with Crippen LogP contribution in [0.5, 0.6) is 0 Å². The van der Waals surface area contributed by atoms with Crippen LogP contribution in [-0.2, 0) is 6.42 Å². The highest BCUT2D eigenvalue weighted by atomic mass is 14.0. The van der Waals surface area contributed by atoms with Crippen LogP contribution in [0.4, 0.5) is 0 Å². The van der Waals surface area contributed by atoms with E-state index in [0.29, 0.717) is 0 Å². The van der Waals surface area contributed by atoms with Crippen molar-refractivity contribution in [2.24, 2.45) is 0 Å². The molecule has 0 heteroatoms. The summed E-state index contributed by atoms with van der Waals surface area (Å²) in [7, 11) is 0. The Morgan fingerprint density at radius 2 is 1.92 bits per heavy atom. The Balaban J connectivity index is 2.58. The quantitative estimate of drug-likeness (QED) is 0.650. The molecule has 0 saturated heterocycles. The molecule has 0 aliphatic heterocycles. The van der Waals surface area contributed by atoms with E-state index < -0.39 is 0 Å². The fraction of sp³-hybridized carbons (Fsp3) is 0.385. The molecule has 0 aliphatic rings. The van der Waals surface area contributed by atoms with Crippen LogP contribution >= 0.6 is 0 Å². The predicted molar refractivity (Wildman–Crippen MR) is 57.6 cm³/mol. The largest absolute Gasteiger partial charge is 0.0792 e. The molecule has 1 rings (SSSR count). The minimum Gasteiger partial charge on any atom is -0.0792 e. The molecule has 0 fully saturated rings. The van der Waals surface area contributed by atoms with E-state index in [9.17, 15) is 0 Å². The van der Waals surface area contributed by atoms with Crippen LogP contribution in [0, 0.1) is 6.08 Å². The average Bonchev–Trinajstić information content (AvgIpc) is 2.17. The third-order valence-corrected chi connectivity index (χ3v) is 2.08. The summed E-state index contributed by atoms with van der Waals surface area (Å²) in [6.07, 6.45) is 8.86. The first kappa shape index (κ1) is 10.0. The minimum atomic E-state index is 1.17. The van der Waals surface area contributed by atoms with Crippen LogP contribution in [0.25, 0.3) is 0 Å². The van der Waals surface area contributed by atoms with Crippen molar-refractivity contribution in [3.8, 4) is 0 Å². The molecular formula is C13H17. The Bertz CT molecular complexity index is 254. The maximum atomic E-state index is 3.17. The van der Waals surface area contributed by atoms with Gasteiger partial charge in [-0.05, 0) is 37.0 Å². The average molecular weight is 173 g/mol. The highest BCUT2D eigenvalue weighted by molar-refractivity contribution is 5.26. The summed E-state index contributed by atoms with van der Waals surface area (Å²) in [6.45, 7) is 4.22. The number of allylic oxidation sites excluding steroid dienone is 1. The zero-order valence-electron chi connectivity index (χ0n) is 8.51. The van der Waals surface area contributed by atoms with Crippen molar-refractivity contribution in [3.63, 3.8) is 0 Å². The lowest BCUT2D eigenvalue weighted by Crippen LogP contribution is -1.84. The second-order valence-corrected chi connectivity index (χ2v) is 3.23. The first-order chi connectivity index (χ1) is 6.36. The third-order valence-electron chi connectivity index (χ3n) is 2.08. The van der Waals surface area contributed by atoms with Crippen LogP contribution in [0.1, 0.15) is 37.8 Å². The summed E-state index contributed by atoms with van der Waals surface area (Å²) in [6, 6.07) is 8.65. The van der Waals surface area contributed by atoms with Gasteiger partial charge in [0.1, 0.15) is 0 Å². The lowest BCUT2D eigenvalue weighted by Gasteiger charge is -1.99. The molecule has 1 aromatic rings. The molecule has 0 unspecified atom stereocenters. The molecule has 69 valence electrons. The van der Waals surface area contributed by atoms with Crippen LogP contribution < -0.4 is 0 Å². The number of hydrogen-bond acceptors (Lipinski definition) is 0. The predicted octanol–water partition coefficient (Wildman–Crippen LogP) is 3.76. The van der Waals surface area contributed by atoms with Gasteiger partial charge in [-0.25, -0.2) is 0 Å². The summed E-state index contributed by atoms with van der Waals surface area (Å²) in [4.78, 5) is 0. The van der Waals surface area contributed by atoms with E-state index in [1.54, 1.807) is 0 Å². The molecule has 0 aromatic heterocycles. The molecule has 1 aromatic carbocycles. The lowest BCUT2D eigenvalue weighted by atomic mass is 10.1. The third kappa shape index (κ3) is 3.45. The van der Waals surface area contributed by atoms with Crippen molar-refractivity contribution in [1.29, 1.82) is 0 Å². The smallest absolute Gasteiger partial charge is 0.0151 e. The fourth-order valence-corrected chi connectivity index (χ4v) is 1.32. The molecule has 0 atom stereocenters. The zero-order valence-corrected chi connectivity index (χ0v) is 8.51. The Morgan fingerprint density at radius 1 is 1.23 bits per heavy atom. The summed E-state index contributed by atoms with van der Waals surface area (Å²) in [5.74, 6) is 0. The van der Waals surface area contributed by atoms with Crippen LogP contribution in [-0.4, -0.2) is 0 Å². The zero-order chi connectivity index (χ0) is 9.52. The van der Waals surface area contributed by atoms with Gasteiger partial charge in [0.05, 0.1) is 0 Å². The molecule has 0 aliphatic carbocycles. The summed E-state index contributed by atoms with van der Waals surface area (Å²) >= 11 is 0. The highest BCUT2D eigenvalue weighted by Gasteiger charge is 1.91. The molecule has 1 radical (unpaired) electrons. The normalized spacial score (nSPS) is 10.9. The molecule has 0 heterocycles. The van der Waals surface area contributed by atoms with Crippen LogP contribution in [0.2, 0.25) is 0 Å². The molecular weight excluding hydrogens is 156 g/mol. The highest BCUT2D eigenvalue weighted by Crippen LogP contribution is 2.07. The second kappa shape index (κ2) is 5.58. The Morgan fingerprint density at radius 3 is 2.46 bits per heavy atom. The Hall–Kier alpha value is -1.04. The van der Waals surface area contributed by atoms with Gasteiger partial charge >= 0.3 is 0 Å². The summed E-state index contributed by atoms with van der Waals surface area (Å²) in [5, 5.41) is 0. The molecule has 0 bridgehead atoms. The SMILES string of the molecule is C/C=[C]/c1ccc(CCCC)cc1. The first-order valence-electron chi connectivity index (χ1n) is 5.00. The standard InChI is InChI=1S/C13H17/c1-3-5-7-13-10-8-12(6-4-2)9-11-13/h4,8-11H,3,5,7H2,1-2H3. The molecule has 0 nitrogen and oxygen atoms in total. The fourth-order valence-electron chi connectivity index (χ4n) is 1.32. The topological polar surface area (TPSA) is 0 Å². The van der Waals surface area contributed by atoms with E-state index in [4.69, 9.17) is 0 Å². The van der Waals surface area contributed by atoms with Gasteiger partial charge < -0.3 is 0 Å². The van der Waals surface area contributed by atoms with E-state index in [1.165, 1.54) is 30.4 Å². The van der Waals surface area contributed by atoms with Crippen molar-refractivity contribution in [2.75, 3.05) is 0 Å². The van der Waals surface area contributed by atoms with Gasteiger partial charge in [0.15, 0.2) is 0 Å². The molecule has 0 amide bonds. The van der Waals surface area contributed by atoms with Gasteiger partial charge in [0.2, 0.25) is 0 Å². The minimum absolute atomic E-state index is 1.17. The van der Waals surface area contributed by atoms with Crippen molar-refractivity contribution in [2.45, 2.75) is 33.1 Å². The van der Waals surface area contributed by atoms with E-state index in [-0.39, 0.29) is 0 Å². The summed E-state index contributed by atoms with van der Waals surface area (Å²) in [5.41, 5.74) is 2.60. The lowest BCUT2D eigenvalue weighted by molar-refractivity contribution is 0.795. The summed E-state index contributed by atoms with van der Waals surface area (Å²) < 4.78 is 0. The van der Waals surface area contributed by atoms with Crippen LogP contribution in [0.3, 0.4) is 0 Å². The maximum absolute atomic E-state index is 3.17. The van der Waals surface area contributed by atoms with Crippen LogP contribution in [0.15, 0.2) is 30.3 Å². The molecule has 0 N–H and O–H groups in total. The molecule has 13 heavy (non-hydrogen) atoms. The number of rotatable bonds is 4. The number of benzene rings is 1. The first-order valence-corrected chi connectivity index (χ1v) is 5.00. The van der Waals surface area contributed by atoms with Gasteiger partial charge in [0.25, 0.3) is 0 Å². The Labute approximate surface area is 81.3 Å². The van der Waals surface area contributed by atoms with E-state index in [2.05, 4.69) is 37.3 Å². The monoisotopic (exact) mass is 173 g/mol. The number of unbranched alkanes of at least 4 members (excludes halogenated alkanes) is 1.